The fourth-order valence-electron chi connectivity index (χ4n) is 1.10. The minimum atomic E-state index is -0.379. The Bertz CT molecular complexity index is 440. The molecule has 0 bridgehead atoms. The molecule has 0 saturated carbocycles. The van der Waals surface area contributed by atoms with E-state index in [1.165, 1.54) is 12.1 Å². The highest BCUT2D eigenvalue weighted by atomic mass is 35.5. The Morgan fingerprint density at radius 2 is 2.31 bits per heavy atom. The van der Waals surface area contributed by atoms with E-state index < -0.39 is 0 Å². The number of nitrogens with one attached hydrogen (secondary N) is 1. The predicted octanol–water partition coefficient (Wildman–Crippen LogP) is 2.53. The molecular formula is C11H10Cl2N2O. The largest absolute Gasteiger partial charge is 0.347 e. The number of hydrogen-bond donors (Lipinski definition) is 1. The second-order valence-electron chi connectivity index (χ2n) is 3.25. The Morgan fingerprint density at radius 1 is 1.62 bits per heavy atom. The number of amides is 1. The maximum Gasteiger partial charge on any atom is 0.271 e. The molecule has 1 aromatic rings. The molecule has 0 radical (unpaired) electrons. The van der Waals surface area contributed by atoms with Gasteiger partial charge in [0.05, 0.1) is 5.02 Å². The SMILES string of the molecule is C#CCC(C)NC(=O)c1nc(Cl)ccc1Cl. The minimum Gasteiger partial charge on any atom is -0.347 e. The van der Waals surface area contributed by atoms with Crippen molar-refractivity contribution in [2.24, 2.45) is 0 Å². The summed E-state index contributed by atoms with van der Waals surface area (Å²) in [6.07, 6.45) is 5.58. The summed E-state index contributed by atoms with van der Waals surface area (Å²) in [6.45, 7) is 1.80. The van der Waals surface area contributed by atoms with Crippen LogP contribution in [0.4, 0.5) is 0 Å². The third kappa shape index (κ3) is 3.41. The molecule has 1 N–H and O–H groups in total. The molecule has 1 heterocycles. The second kappa shape index (κ2) is 5.74. The molecule has 0 spiro atoms. The van der Waals surface area contributed by atoms with Crippen LogP contribution in [-0.4, -0.2) is 16.9 Å². The molecule has 0 saturated heterocycles. The first-order chi connectivity index (χ1) is 7.54. The van der Waals surface area contributed by atoms with Crippen LogP contribution in [-0.2, 0) is 0 Å². The van der Waals surface area contributed by atoms with Crippen LogP contribution < -0.4 is 5.32 Å². The molecule has 1 aromatic heterocycles. The fourth-order valence-corrected chi connectivity index (χ4v) is 1.44. The summed E-state index contributed by atoms with van der Waals surface area (Å²) >= 11 is 11.5. The Labute approximate surface area is 104 Å². The van der Waals surface area contributed by atoms with Crippen LogP contribution in [0.1, 0.15) is 23.8 Å². The maximum atomic E-state index is 11.7. The first-order valence-electron chi connectivity index (χ1n) is 4.61. The molecule has 5 heteroatoms. The first-order valence-corrected chi connectivity index (χ1v) is 5.36. The molecule has 0 aliphatic rings. The van der Waals surface area contributed by atoms with Gasteiger partial charge in [0.1, 0.15) is 10.8 Å². The Balaban J connectivity index is 2.81. The number of carbonyl (C=O) groups excluding carboxylic acids is 1. The van der Waals surface area contributed by atoms with E-state index in [2.05, 4.69) is 16.2 Å². The van der Waals surface area contributed by atoms with Gasteiger partial charge in [-0.1, -0.05) is 23.2 Å². The average molecular weight is 257 g/mol. The maximum absolute atomic E-state index is 11.7. The zero-order valence-electron chi connectivity index (χ0n) is 8.63. The molecule has 0 aromatic carbocycles. The standard InChI is InChI=1S/C11H10Cl2N2O/c1-3-4-7(2)14-11(16)10-8(12)5-6-9(13)15-10/h1,5-7H,4H2,2H3,(H,14,16). The molecular weight excluding hydrogens is 247 g/mol. The second-order valence-corrected chi connectivity index (χ2v) is 4.04. The highest BCUT2D eigenvalue weighted by molar-refractivity contribution is 6.34. The van der Waals surface area contributed by atoms with Gasteiger partial charge in [-0.15, -0.1) is 12.3 Å². The lowest BCUT2D eigenvalue weighted by Gasteiger charge is -2.11. The number of nitrogens with zero attached hydrogens (tertiary/aromatic N) is 1. The van der Waals surface area contributed by atoms with E-state index in [0.717, 1.165) is 0 Å². The van der Waals surface area contributed by atoms with E-state index in [9.17, 15) is 4.79 Å². The van der Waals surface area contributed by atoms with E-state index in [-0.39, 0.29) is 27.8 Å². The van der Waals surface area contributed by atoms with Gasteiger partial charge in [0.25, 0.3) is 5.91 Å². The zero-order valence-corrected chi connectivity index (χ0v) is 10.1. The molecule has 0 aliphatic heterocycles. The van der Waals surface area contributed by atoms with E-state index in [0.29, 0.717) is 6.42 Å². The van der Waals surface area contributed by atoms with Crippen molar-refractivity contribution in [3.8, 4) is 12.3 Å². The van der Waals surface area contributed by atoms with Crippen molar-refractivity contribution in [1.29, 1.82) is 0 Å². The van der Waals surface area contributed by atoms with Crippen LogP contribution in [0.2, 0.25) is 10.2 Å². The molecule has 1 amide bonds. The minimum absolute atomic E-state index is 0.109. The van der Waals surface area contributed by atoms with Crippen molar-refractivity contribution >= 4 is 29.1 Å². The van der Waals surface area contributed by atoms with Gasteiger partial charge < -0.3 is 5.32 Å². The summed E-state index contributed by atoms with van der Waals surface area (Å²) in [6, 6.07) is 2.91. The topological polar surface area (TPSA) is 42.0 Å². The van der Waals surface area contributed by atoms with Gasteiger partial charge in [0, 0.05) is 12.5 Å². The van der Waals surface area contributed by atoms with E-state index >= 15 is 0 Å². The van der Waals surface area contributed by atoms with Crippen LogP contribution >= 0.6 is 23.2 Å². The quantitative estimate of drug-likeness (QED) is 0.667. The van der Waals surface area contributed by atoms with Crippen molar-refractivity contribution in [3.63, 3.8) is 0 Å². The lowest BCUT2D eigenvalue weighted by atomic mass is 10.2. The van der Waals surface area contributed by atoms with Gasteiger partial charge in [-0.05, 0) is 19.1 Å². The number of pyridine rings is 1. The molecule has 16 heavy (non-hydrogen) atoms. The van der Waals surface area contributed by atoms with Crippen LogP contribution in [0.25, 0.3) is 0 Å². The first kappa shape index (κ1) is 12.8. The van der Waals surface area contributed by atoms with Crippen LogP contribution in [0, 0.1) is 12.3 Å². The van der Waals surface area contributed by atoms with E-state index in [1.807, 2.05) is 0 Å². The smallest absolute Gasteiger partial charge is 0.271 e. The normalized spacial score (nSPS) is 11.6. The van der Waals surface area contributed by atoms with Crippen molar-refractivity contribution in [2.75, 3.05) is 0 Å². The Kier molecular flexibility index (Phi) is 4.60. The van der Waals surface area contributed by atoms with Gasteiger partial charge >= 0.3 is 0 Å². The zero-order chi connectivity index (χ0) is 12.1. The fraction of sp³-hybridized carbons (Fsp3) is 0.273. The number of hydrogen-bond acceptors (Lipinski definition) is 2. The van der Waals surface area contributed by atoms with Crippen LogP contribution in [0.15, 0.2) is 12.1 Å². The molecule has 1 atom stereocenters. The predicted molar refractivity (Wildman–Crippen MR) is 64.6 cm³/mol. The van der Waals surface area contributed by atoms with Gasteiger partial charge in [-0.2, -0.15) is 0 Å². The number of terminal acetylenes is 1. The molecule has 0 aliphatic carbocycles. The Morgan fingerprint density at radius 3 is 2.94 bits per heavy atom. The van der Waals surface area contributed by atoms with Crippen LogP contribution in [0.5, 0.6) is 0 Å². The van der Waals surface area contributed by atoms with Gasteiger partial charge in [-0.25, -0.2) is 4.98 Å². The number of halogens is 2. The summed E-state index contributed by atoms with van der Waals surface area (Å²) in [5, 5.41) is 3.16. The highest BCUT2D eigenvalue weighted by Crippen LogP contribution is 2.16. The monoisotopic (exact) mass is 256 g/mol. The summed E-state index contributed by atoms with van der Waals surface area (Å²) in [5.41, 5.74) is 0.109. The van der Waals surface area contributed by atoms with Crippen molar-refractivity contribution in [2.45, 2.75) is 19.4 Å². The van der Waals surface area contributed by atoms with Gasteiger partial charge in [0.15, 0.2) is 0 Å². The summed E-state index contributed by atoms with van der Waals surface area (Å²) in [7, 11) is 0. The van der Waals surface area contributed by atoms with Crippen molar-refractivity contribution < 1.29 is 4.79 Å². The van der Waals surface area contributed by atoms with Crippen LogP contribution in [0.3, 0.4) is 0 Å². The third-order valence-corrected chi connectivity index (χ3v) is 2.34. The lowest BCUT2D eigenvalue weighted by molar-refractivity contribution is 0.0936. The van der Waals surface area contributed by atoms with Gasteiger partial charge in [0.2, 0.25) is 0 Å². The lowest BCUT2D eigenvalue weighted by Crippen LogP contribution is -2.33. The highest BCUT2D eigenvalue weighted by Gasteiger charge is 2.14. The molecule has 1 unspecified atom stereocenters. The van der Waals surface area contributed by atoms with E-state index in [4.69, 9.17) is 29.6 Å². The number of rotatable bonds is 3. The summed E-state index contributed by atoms with van der Waals surface area (Å²) in [5.74, 6) is 2.08. The average Bonchev–Trinajstić information content (AvgIpc) is 2.21. The molecule has 0 fully saturated rings. The number of carbonyl (C=O) groups is 1. The van der Waals surface area contributed by atoms with Crippen molar-refractivity contribution in [1.82, 2.24) is 10.3 Å². The summed E-state index contributed by atoms with van der Waals surface area (Å²) < 4.78 is 0. The number of aromatic nitrogens is 1. The molecule has 1 rings (SSSR count). The molecule has 3 nitrogen and oxygen atoms in total. The summed E-state index contributed by atoms with van der Waals surface area (Å²) in [4.78, 5) is 15.6. The van der Waals surface area contributed by atoms with Crippen molar-refractivity contribution in [3.05, 3.63) is 28.0 Å². The van der Waals surface area contributed by atoms with Gasteiger partial charge in [-0.3, -0.25) is 4.79 Å². The third-order valence-electron chi connectivity index (χ3n) is 1.83. The van der Waals surface area contributed by atoms with E-state index in [1.54, 1.807) is 6.92 Å². The molecule has 84 valence electrons. The Hall–Kier alpha value is -1.24.